The van der Waals surface area contributed by atoms with Crippen LogP contribution in [-0.2, 0) is 9.59 Å². The van der Waals surface area contributed by atoms with Gasteiger partial charge in [0.25, 0.3) is 0 Å². The minimum atomic E-state index is -1.17. The number of hydrogen-bond acceptors (Lipinski definition) is 4. The molecule has 0 fully saturated rings. The lowest BCUT2D eigenvalue weighted by Crippen LogP contribution is -2.18. The van der Waals surface area contributed by atoms with Crippen molar-refractivity contribution in [2.24, 2.45) is 0 Å². The Morgan fingerprint density at radius 2 is 0.489 bits per heavy atom. The van der Waals surface area contributed by atoms with E-state index in [1.54, 1.807) is 0 Å². The number of aliphatic carboxylic acids is 2. The number of aliphatic hydroxyl groups excluding tert-OH is 2. The average Bonchev–Trinajstić information content (AvgIpc) is 3.02. The summed E-state index contributed by atoms with van der Waals surface area (Å²) in [6.45, 7) is 4.53. The third-order valence-corrected chi connectivity index (χ3v) is 8.98. The highest BCUT2D eigenvalue weighted by Crippen LogP contribution is 2.16. The highest BCUT2D eigenvalue weighted by Gasteiger charge is 2.12. The molecular formula is C39H78O6. The lowest BCUT2D eigenvalue weighted by Gasteiger charge is -2.05. The molecule has 0 aromatic carbocycles. The van der Waals surface area contributed by atoms with E-state index in [9.17, 15) is 9.59 Å². The van der Waals surface area contributed by atoms with Crippen LogP contribution in [0.4, 0.5) is 0 Å². The zero-order chi connectivity index (χ0) is 33.6. The van der Waals surface area contributed by atoms with Gasteiger partial charge in [-0.3, -0.25) is 0 Å². The maximum absolute atomic E-state index is 10.5. The van der Waals surface area contributed by atoms with E-state index in [2.05, 4.69) is 13.8 Å². The lowest BCUT2D eigenvalue weighted by molar-refractivity contribution is -0.147. The standard InChI is InChI=1S/C21H42O3.C18H36O3/c1-2-3-4-5-6-7-8-9-10-11-12-13-14-15-16-17-18-19-20(22)21(23)24;1-2-3-4-5-6-7-8-9-10-11-12-13-14-15-16-17(19)18(20)21/h20,22H,2-19H2,1H3,(H,23,24);17,19H,2-16H2,1H3,(H,20,21). The summed E-state index contributed by atoms with van der Waals surface area (Å²) in [5, 5.41) is 35.4. The maximum atomic E-state index is 10.5. The largest absolute Gasteiger partial charge is 0.479 e. The summed E-state index contributed by atoms with van der Waals surface area (Å²) in [6, 6.07) is 0. The summed E-state index contributed by atoms with van der Waals surface area (Å²) in [7, 11) is 0. The van der Waals surface area contributed by atoms with Gasteiger partial charge in [0.05, 0.1) is 0 Å². The Hall–Kier alpha value is -1.14. The SMILES string of the molecule is CCCCCCCCCCCCCCCCC(O)C(=O)O.CCCCCCCCCCCCCCCCCCCC(O)C(=O)O. The normalized spacial score (nSPS) is 12.4. The van der Waals surface area contributed by atoms with Crippen LogP contribution in [0.1, 0.15) is 226 Å². The molecule has 2 unspecified atom stereocenters. The van der Waals surface area contributed by atoms with Crippen LogP contribution in [0.3, 0.4) is 0 Å². The van der Waals surface area contributed by atoms with Gasteiger partial charge in [-0.2, -0.15) is 0 Å². The molecule has 0 aliphatic rings. The van der Waals surface area contributed by atoms with Crippen molar-refractivity contribution in [2.75, 3.05) is 0 Å². The molecule has 270 valence electrons. The fourth-order valence-corrected chi connectivity index (χ4v) is 5.84. The van der Waals surface area contributed by atoms with Crippen molar-refractivity contribution in [1.29, 1.82) is 0 Å². The monoisotopic (exact) mass is 643 g/mol. The van der Waals surface area contributed by atoms with Crippen molar-refractivity contribution < 1.29 is 30.0 Å². The third-order valence-electron chi connectivity index (χ3n) is 8.98. The molecule has 0 aliphatic heterocycles. The molecule has 0 amide bonds. The van der Waals surface area contributed by atoms with E-state index in [0.717, 1.165) is 25.7 Å². The van der Waals surface area contributed by atoms with E-state index >= 15 is 0 Å². The first-order valence-corrected chi connectivity index (χ1v) is 19.7. The third kappa shape index (κ3) is 40.8. The second-order valence-corrected chi connectivity index (χ2v) is 13.5. The van der Waals surface area contributed by atoms with Crippen molar-refractivity contribution in [3.05, 3.63) is 0 Å². The van der Waals surface area contributed by atoms with E-state index in [4.69, 9.17) is 20.4 Å². The molecule has 0 spiro atoms. The van der Waals surface area contributed by atoms with Gasteiger partial charge in [0.2, 0.25) is 0 Å². The van der Waals surface area contributed by atoms with Gasteiger partial charge in [-0.05, 0) is 12.8 Å². The molecule has 0 bridgehead atoms. The molecule has 0 aliphatic carbocycles. The van der Waals surface area contributed by atoms with Crippen LogP contribution in [0, 0.1) is 0 Å². The summed E-state index contributed by atoms with van der Waals surface area (Å²) >= 11 is 0. The Bertz CT molecular complexity index is 596. The number of carboxylic acids is 2. The predicted molar refractivity (Wildman–Crippen MR) is 191 cm³/mol. The number of carboxylic acid groups (broad SMARTS) is 2. The minimum absolute atomic E-state index is 0.396. The van der Waals surface area contributed by atoms with E-state index in [1.165, 1.54) is 173 Å². The van der Waals surface area contributed by atoms with E-state index in [1.807, 2.05) is 0 Å². The van der Waals surface area contributed by atoms with E-state index < -0.39 is 24.1 Å². The number of rotatable bonds is 35. The van der Waals surface area contributed by atoms with E-state index in [-0.39, 0.29) is 0 Å². The number of carbonyl (C=O) groups is 2. The Morgan fingerprint density at radius 3 is 0.644 bits per heavy atom. The van der Waals surface area contributed by atoms with Crippen molar-refractivity contribution >= 4 is 11.9 Å². The molecule has 0 saturated heterocycles. The fourth-order valence-electron chi connectivity index (χ4n) is 5.84. The van der Waals surface area contributed by atoms with Crippen molar-refractivity contribution in [3.63, 3.8) is 0 Å². The average molecular weight is 643 g/mol. The molecule has 6 heteroatoms. The smallest absolute Gasteiger partial charge is 0.332 e. The summed E-state index contributed by atoms with van der Waals surface area (Å²) < 4.78 is 0. The molecule has 0 saturated carbocycles. The summed E-state index contributed by atoms with van der Waals surface area (Å²) in [5.74, 6) is -2.18. The molecule has 45 heavy (non-hydrogen) atoms. The highest BCUT2D eigenvalue weighted by atomic mass is 16.4. The second kappa shape index (κ2) is 39.0. The van der Waals surface area contributed by atoms with Gasteiger partial charge in [-0.15, -0.1) is 0 Å². The van der Waals surface area contributed by atoms with Crippen molar-refractivity contribution in [3.8, 4) is 0 Å². The zero-order valence-corrected chi connectivity index (χ0v) is 30.1. The highest BCUT2D eigenvalue weighted by molar-refractivity contribution is 5.72. The number of unbranched alkanes of at least 4 members (excludes halogenated alkanes) is 29. The lowest BCUT2D eigenvalue weighted by atomic mass is 10.0. The van der Waals surface area contributed by atoms with Crippen LogP contribution in [-0.4, -0.2) is 44.6 Å². The molecule has 2 atom stereocenters. The van der Waals surface area contributed by atoms with E-state index in [0.29, 0.717) is 12.8 Å². The molecule has 4 N–H and O–H groups in total. The van der Waals surface area contributed by atoms with Crippen LogP contribution in [0.25, 0.3) is 0 Å². The summed E-state index contributed by atoms with van der Waals surface area (Å²) in [4.78, 5) is 20.9. The molecule has 0 aromatic rings. The topological polar surface area (TPSA) is 115 Å². The van der Waals surface area contributed by atoms with Crippen LogP contribution in [0.2, 0.25) is 0 Å². The Labute approximate surface area is 279 Å². The van der Waals surface area contributed by atoms with Gasteiger partial charge in [0.15, 0.2) is 12.2 Å². The molecule has 0 aromatic heterocycles. The Morgan fingerprint density at radius 1 is 0.333 bits per heavy atom. The van der Waals surface area contributed by atoms with Crippen molar-refractivity contribution in [2.45, 2.75) is 238 Å². The van der Waals surface area contributed by atoms with Crippen LogP contribution in [0.5, 0.6) is 0 Å². The van der Waals surface area contributed by atoms with Crippen LogP contribution < -0.4 is 0 Å². The van der Waals surface area contributed by atoms with Crippen LogP contribution in [0.15, 0.2) is 0 Å². The first-order valence-electron chi connectivity index (χ1n) is 19.7. The quantitative estimate of drug-likeness (QED) is 0.0511. The summed E-state index contributed by atoms with van der Waals surface area (Å²) in [6.07, 6.45) is 38.9. The first-order chi connectivity index (χ1) is 21.9. The minimum Gasteiger partial charge on any atom is -0.479 e. The maximum Gasteiger partial charge on any atom is 0.332 e. The van der Waals surface area contributed by atoms with Gasteiger partial charge >= 0.3 is 11.9 Å². The molecule has 6 nitrogen and oxygen atoms in total. The number of aliphatic hydroxyl groups is 2. The second-order valence-electron chi connectivity index (χ2n) is 13.5. The molecular weight excluding hydrogens is 564 g/mol. The van der Waals surface area contributed by atoms with Gasteiger partial charge < -0.3 is 20.4 Å². The van der Waals surface area contributed by atoms with Gasteiger partial charge in [0, 0.05) is 0 Å². The number of hydrogen-bond donors (Lipinski definition) is 4. The molecule has 0 radical (unpaired) electrons. The predicted octanol–water partition coefficient (Wildman–Crippen LogP) is 11.8. The Kier molecular flexibility index (Phi) is 39.9. The first kappa shape index (κ1) is 46.0. The Balaban J connectivity index is 0. The zero-order valence-electron chi connectivity index (χ0n) is 30.1. The van der Waals surface area contributed by atoms with Crippen LogP contribution >= 0.6 is 0 Å². The fraction of sp³-hybridized carbons (Fsp3) is 0.949. The molecule has 0 rings (SSSR count). The van der Waals surface area contributed by atoms with Crippen molar-refractivity contribution in [1.82, 2.24) is 0 Å². The molecule has 0 heterocycles. The van der Waals surface area contributed by atoms with Gasteiger partial charge in [-0.1, -0.05) is 213 Å². The van der Waals surface area contributed by atoms with Gasteiger partial charge in [0.1, 0.15) is 0 Å². The van der Waals surface area contributed by atoms with Gasteiger partial charge in [-0.25, -0.2) is 9.59 Å². The summed E-state index contributed by atoms with van der Waals surface area (Å²) in [5.41, 5.74) is 0.